The van der Waals surface area contributed by atoms with Crippen molar-refractivity contribution in [2.45, 2.75) is 24.7 Å². The number of halogens is 2. The lowest BCUT2D eigenvalue weighted by Gasteiger charge is -2.30. The van der Waals surface area contributed by atoms with Gasteiger partial charge in [0.1, 0.15) is 0 Å². The predicted octanol–water partition coefficient (Wildman–Crippen LogP) is 2.54. The van der Waals surface area contributed by atoms with Crippen LogP contribution in [-0.2, 0) is 10.0 Å². The van der Waals surface area contributed by atoms with Crippen LogP contribution in [0.1, 0.15) is 18.4 Å². The molecule has 1 fully saturated rings. The smallest absolute Gasteiger partial charge is 0.243 e. The van der Waals surface area contributed by atoms with Crippen molar-refractivity contribution in [3.05, 3.63) is 28.2 Å². The molecule has 4 nitrogen and oxygen atoms in total. The lowest BCUT2D eigenvalue weighted by Crippen LogP contribution is -2.40. The summed E-state index contributed by atoms with van der Waals surface area (Å²) in [6.45, 7) is 3.67. The van der Waals surface area contributed by atoms with Crippen molar-refractivity contribution in [1.29, 1.82) is 0 Å². The normalized spacial score (nSPS) is 17.8. The molecule has 0 atom stereocenters. The molecule has 0 amide bonds. The third kappa shape index (κ3) is 3.74. The first kappa shape index (κ1) is 17.9. The van der Waals surface area contributed by atoms with Crippen molar-refractivity contribution in [2.24, 2.45) is 11.7 Å². The molecule has 20 heavy (non-hydrogen) atoms. The van der Waals surface area contributed by atoms with Crippen LogP contribution < -0.4 is 5.73 Å². The summed E-state index contributed by atoms with van der Waals surface area (Å²) in [6.07, 6.45) is 1.70. The van der Waals surface area contributed by atoms with E-state index in [2.05, 4.69) is 15.9 Å². The number of hydrogen-bond acceptors (Lipinski definition) is 3. The van der Waals surface area contributed by atoms with E-state index in [4.69, 9.17) is 5.73 Å². The van der Waals surface area contributed by atoms with Crippen LogP contribution in [0.15, 0.2) is 27.6 Å². The summed E-state index contributed by atoms with van der Waals surface area (Å²) < 4.78 is 27.5. The highest BCUT2D eigenvalue weighted by molar-refractivity contribution is 9.10. The van der Waals surface area contributed by atoms with Gasteiger partial charge in [-0.05, 0) is 56.0 Å². The van der Waals surface area contributed by atoms with Crippen LogP contribution in [0.3, 0.4) is 0 Å². The maximum Gasteiger partial charge on any atom is 0.243 e. The molecule has 0 radical (unpaired) electrons. The van der Waals surface area contributed by atoms with Crippen LogP contribution in [0.25, 0.3) is 0 Å². The average molecular weight is 384 g/mol. The lowest BCUT2D eigenvalue weighted by molar-refractivity contribution is 0.278. The summed E-state index contributed by atoms with van der Waals surface area (Å²) >= 11 is 3.39. The summed E-state index contributed by atoms with van der Waals surface area (Å²) in [7, 11) is -3.36. The number of piperidine rings is 1. The fraction of sp³-hybridized carbons (Fsp3) is 0.538. The highest BCUT2D eigenvalue weighted by Crippen LogP contribution is 2.26. The van der Waals surface area contributed by atoms with Crippen LogP contribution >= 0.6 is 28.3 Å². The lowest BCUT2D eigenvalue weighted by atomic mass is 9.99. The van der Waals surface area contributed by atoms with Crippen LogP contribution in [0.4, 0.5) is 0 Å². The molecule has 0 aromatic heterocycles. The first-order valence-electron chi connectivity index (χ1n) is 6.41. The molecule has 0 aliphatic carbocycles. The Morgan fingerprint density at radius 1 is 1.35 bits per heavy atom. The Morgan fingerprint density at radius 3 is 2.45 bits per heavy atom. The van der Waals surface area contributed by atoms with E-state index in [0.717, 1.165) is 22.9 Å². The number of sulfonamides is 1. The minimum absolute atomic E-state index is 0. The summed E-state index contributed by atoms with van der Waals surface area (Å²) in [4.78, 5) is 0.374. The topological polar surface area (TPSA) is 63.4 Å². The maximum absolute atomic E-state index is 12.5. The second kappa shape index (κ2) is 7.22. The molecule has 7 heteroatoms. The van der Waals surface area contributed by atoms with E-state index in [1.807, 2.05) is 6.92 Å². The largest absolute Gasteiger partial charge is 0.330 e. The molecular weight excluding hydrogens is 364 g/mol. The molecule has 0 bridgehead atoms. The Labute approximate surface area is 135 Å². The standard InChI is InChI=1S/C13H19BrN2O2S.ClH/c1-10-8-12(2-3-13(10)14)19(17,18)16-6-4-11(9-15)5-7-16;/h2-3,8,11H,4-7,9,15H2,1H3;1H. The monoisotopic (exact) mass is 382 g/mol. The van der Waals surface area contributed by atoms with Crippen molar-refractivity contribution in [2.75, 3.05) is 19.6 Å². The third-order valence-corrected chi connectivity index (χ3v) is 6.46. The highest BCUT2D eigenvalue weighted by atomic mass is 79.9. The zero-order valence-electron chi connectivity index (χ0n) is 11.4. The van der Waals surface area contributed by atoms with Gasteiger partial charge < -0.3 is 5.73 Å². The number of rotatable bonds is 3. The van der Waals surface area contributed by atoms with Crippen molar-refractivity contribution >= 4 is 38.4 Å². The number of aryl methyl sites for hydroxylation is 1. The van der Waals surface area contributed by atoms with Gasteiger partial charge in [-0.2, -0.15) is 4.31 Å². The van der Waals surface area contributed by atoms with E-state index in [-0.39, 0.29) is 12.4 Å². The number of benzene rings is 1. The minimum Gasteiger partial charge on any atom is -0.330 e. The maximum atomic E-state index is 12.5. The second-order valence-corrected chi connectivity index (χ2v) is 7.79. The van der Waals surface area contributed by atoms with Gasteiger partial charge in [0.2, 0.25) is 10.0 Å². The van der Waals surface area contributed by atoms with Crippen LogP contribution in [0.5, 0.6) is 0 Å². The van der Waals surface area contributed by atoms with Gasteiger partial charge in [-0.25, -0.2) is 8.42 Å². The fourth-order valence-corrected chi connectivity index (χ4v) is 4.11. The molecular formula is C13H20BrClN2O2S. The van der Waals surface area contributed by atoms with Gasteiger partial charge in [0.15, 0.2) is 0 Å². The molecule has 1 aliphatic heterocycles. The van der Waals surface area contributed by atoms with E-state index in [1.165, 1.54) is 0 Å². The molecule has 0 unspecified atom stereocenters. The Morgan fingerprint density at radius 2 is 1.95 bits per heavy atom. The highest BCUT2D eigenvalue weighted by Gasteiger charge is 2.28. The molecule has 1 aromatic rings. The minimum atomic E-state index is -3.36. The summed E-state index contributed by atoms with van der Waals surface area (Å²) in [6, 6.07) is 5.16. The molecule has 1 aromatic carbocycles. The summed E-state index contributed by atoms with van der Waals surface area (Å²) in [5.74, 6) is 0.457. The number of hydrogen-bond donors (Lipinski definition) is 1. The molecule has 1 saturated heterocycles. The van der Waals surface area contributed by atoms with Gasteiger partial charge in [0, 0.05) is 17.6 Å². The fourth-order valence-electron chi connectivity index (χ4n) is 2.31. The third-order valence-electron chi connectivity index (χ3n) is 3.67. The molecule has 1 heterocycles. The van der Waals surface area contributed by atoms with Gasteiger partial charge >= 0.3 is 0 Å². The van der Waals surface area contributed by atoms with Gasteiger partial charge in [-0.15, -0.1) is 12.4 Å². The number of nitrogens with two attached hydrogens (primary N) is 1. The van der Waals surface area contributed by atoms with Crippen molar-refractivity contribution < 1.29 is 8.42 Å². The SMILES string of the molecule is Cc1cc(S(=O)(=O)N2CCC(CN)CC2)ccc1Br.Cl. The van der Waals surface area contributed by atoms with E-state index in [0.29, 0.717) is 30.4 Å². The zero-order valence-corrected chi connectivity index (χ0v) is 14.6. The van der Waals surface area contributed by atoms with E-state index in [1.54, 1.807) is 22.5 Å². The van der Waals surface area contributed by atoms with E-state index >= 15 is 0 Å². The quantitative estimate of drug-likeness (QED) is 0.872. The van der Waals surface area contributed by atoms with Crippen molar-refractivity contribution in [1.82, 2.24) is 4.31 Å². The van der Waals surface area contributed by atoms with Gasteiger partial charge in [0.25, 0.3) is 0 Å². The Bertz CT molecular complexity index is 557. The second-order valence-electron chi connectivity index (χ2n) is 4.99. The molecule has 2 rings (SSSR count). The molecule has 1 aliphatic rings. The molecule has 114 valence electrons. The first-order valence-corrected chi connectivity index (χ1v) is 8.65. The van der Waals surface area contributed by atoms with Crippen LogP contribution in [0.2, 0.25) is 0 Å². The molecule has 2 N–H and O–H groups in total. The number of nitrogens with zero attached hydrogens (tertiary/aromatic N) is 1. The van der Waals surface area contributed by atoms with Gasteiger partial charge in [-0.1, -0.05) is 15.9 Å². The Balaban J connectivity index is 0.00000200. The zero-order chi connectivity index (χ0) is 14.0. The molecule has 0 saturated carbocycles. The van der Waals surface area contributed by atoms with E-state index < -0.39 is 10.0 Å². The summed E-state index contributed by atoms with van der Waals surface area (Å²) in [5, 5.41) is 0. The van der Waals surface area contributed by atoms with Crippen LogP contribution in [-0.4, -0.2) is 32.4 Å². The summed E-state index contributed by atoms with van der Waals surface area (Å²) in [5.41, 5.74) is 6.56. The van der Waals surface area contributed by atoms with Crippen LogP contribution in [0, 0.1) is 12.8 Å². The Hall–Kier alpha value is -0.140. The van der Waals surface area contributed by atoms with Crippen molar-refractivity contribution in [3.8, 4) is 0 Å². The average Bonchev–Trinajstić information content (AvgIpc) is 2.41. The predicted molar refractivity (Wildman–Crippen MR) is 86.7 cm³/mol. The van der Waals surface area contributed by atoms with Gasteiger partial charge in [-0.3, -0.25) is 0 Å². The first-order chi connectivity index (χ1) is 8.95. The molecule has 0 spiro atoms. The van der Waals surface area contributed by atoms with Gasteiger partial charge in [0.05, 0.1) is 4.90 Å². The van der Waals surface area contributed by atoms with Crippen molar-refractivity contribution in [3.63, 3.8) is 0 Å². The van der Waals surface area contributed by atoms with E-state index in [9.17, 15) is 8.42 Å². The Kier molecular flexibility index (Phi) is 6.47.